The highest BCUT2D eigenvalue weighted by atomic mass is 19.1. The predicted octanol–water partition coefficient (Wildman–Crippen LogP) is 0.634. The Morgan fingerprint density at radius 3 is 2.92 bits per heavy atom. The van der Waals surface area contributed by atoms with Gasteiger partial charge >= 0.3 is 0 Å². The molecule has 1 heterocycles. The smallest absolute Gasteiger partial charge is 0.237 e. The van der Waals surface area contributed by atoms with E-state index < -0.39 is 0 Å². The Morgan fingerprint density at radius 2 is 2.38 bits per heavy atom. The fourth-order valence-electron chi connectivity index (χ4n) is 1.29. The van der Waals surface area contributed by atoms with Gasteiger partial charge in [0.2, 0.25) is 5.91 Å². The van der Waals surface area contributed by atoms with Crippen molar-refractivity contribution in [1.82, 2.24) is 9.80 Å². The maximum atomic E-state index is 12.8. The van der Waals surface area contributed by atoms with Crippen LogP contribution in [0.25, 0.3) is 0 Å². The van der Waals surface area contributed by atoms with E-state index in [1.54, 1.807) is 15.9 Å². The monoisotopic (exact) mass is 186 g/mol. The average molecular weight is 186 g/mol. The van der Waals surface area contributed by atoms with Gasteiger partial charge in [0.15, 0.2) is 0 Å². The maximum Gasteiger partial charge on any atom is 0.237 e. The minimum atomic E-state index is -0.196. The summed E-state index contributed by atoms with van der Waals surface area (Å²) in [6, 6.07) is 0. The first-order chi connectivity index (χ1) is 6.09. The van der Waals surface area contributed by atoms with Crippen LogP contribution in [-0.2, 0) is 4.79 Å². The zero-order chi connectivity index (χ0) is 9.84. The average Bonchev–Trinajstić information content (AvgIpc) is 2.03. The van der Waals surface area contributed by atoms with Gasteiger partial charge < -0.3 is 9.80 Å². The molecular formula is C9H15FN2O. The fraction of sp³-hybridized carbons (Fsp3) is 0.667. The molecule has 0 bridgehead atoms. The third-order valence-corrected chi connectivity index (χ3v) is 1.91. The Hall–Kier alpha value is -0.900. The molecule has 0 saturated carbocycles. The van der Waals surface area contributed by atoms with E-state index in [-0.39, 0.29) is 18.3 Å². The number of carbonyl (C=O) groups excluding carboxylic acids is 1. The van der Waals surface area contributed by atoms with Crippen LogP contribution in [0.3, 0.4) is 0 Å². The Kier molecular flexibility index (Phi) is 3.42. The highest BCUT2D eigenvalue weighted by Gasteiger charge is 2.17. The van der Waals surface area contributed by atoms with Crippen LogP contribution in [0.1, 0.15) is 6.42 Å². The van der Waals surface area contributed by atoms with Crippen LogP contribution >= 0.6 is 0 Å². The van der Waals surface area contributed by atoms with E-state index in [9.17, 15) is 9.18 Å². The molecule has 0 saturated heterocycles. The van der Waals surface area contributed by atoms with E-state index >= 15 is 0 Å². The summed E-state index contributed by atoms with van der Waals surface area (Å²) in [5.74, 6) is -0.202. The Labute approximate surface area is 77.8 Å². The zero-order valence-electron chi connectivity index (χ0n) is 8.09. The van der Waals surface area contributed by atoms with Crippen molar-refractivity contribution in [2.45, 2.75) is 6.42 Å². The molecule has 0 unspecified atom stereocenters. The third kappa shape index (κ3) is 3.14. The number of carbonyl (C=O) groups is 1. The lowest BCUT2D eigenvalue weighted by molar-refractivity contribution is -0.131. The van der Waals surface area contributed by atoms with E-state index in [1.165, 1.54) is 0 Å². The van der Waals surface area contributed by atoms with E-state index in [0.29, 0.717) is 19.5 Å². The quantitative estimate of drug-likeness (QED) is 0.631. The zero-order valence-corrected chi connectivity index (χ0v) is 8.09. The third-order valence-electron chi connectivity index (χ3n) is 1.91. The van der Waals surface area contributed by atoms with Crippen LogP contribution in [0, 0.1) is 0 Å². The lowest BCUT2D eigenvalue weighted by Gasteiger charge is -2.25. The van der Waals surface area contributed by atoms with Crippen molar-refractivity contribution >= 4 is 5.91 Å². The fourth-order valence-corrected chi connectivity index (χ4v) is 1.29. The largest absolute Gasteiger partial charge is 0.335 e. The van der Waals surface area contributed by atoms with Crippen molar-refractivity contribution in [2.24, 2.45) is 0 Å². The van der Waals surface area contributed by atoms with Crippen LogP contribution < -0.4 is 0 Å². The van der Waals surface area contributed by atoms with Gasteiger partial charge in [0, 0.05) is 6.54 Å². The molecule has 1 rings (SSSR count). The molecule has 0 aromatic carbocycles. The SMILES string of the molecule is CN(C)CC(=O)N1CCC=C(F)C1. The van der Waals surface area contributed by atoms with Crippen LogP contribution in [0.15, 0.2) is 11.9 Å². The molecule has 0 N–H and O–H groups in total. The van der Waals surface area contributed by atoms with Gasteiger partial charge in [-0.15, -0.1) is 0 Å². The molecule has 0 aliphatic carbocycles. The summed E-state index contributed by atoms with van der Waals surface area (Å²) in [5, 5.41) is 0. The molecule has 0 atom stereocenters. The van der Waals surface area contributed by atoms with E-state index in [2.05, 4.69) is 0 Å². The second-order valence-corrected chi connectivity index (χ2v) is 3.49. The van der Waals surface area contributed by atoms with Gasteiger partial charge in [-0.25, -0.2) is 4.39 Å². The molecule has 1 aliphatic heterocycles. The maximum absolute atomic E-state index is 12.8. The molecule has 0 radical (unpaired) electrons. The van der Waals surface area contributed by atoms with Crippen molar-refractivity contribution < 1.29 is 9.18 Å². The summed E-state index contributed by atoms with van der Waals surface area (Å²) >= 11 is 0. The molecule has 1 aliphatic rings. The van der Waals surface area contributed by atoms with Crippen molar-refractivity contribution in [3.63, 3.8) is 0 Å². The van der Waals surface area contributed by atoms with E-state index in [1.807, 2.05) is 14.1 Å². The number of hydrogen-bond acceptors (Lipinski definition) is 2. The first-order valence-electron chi connectivity index (χ1n) is 4.36. The van der Waals surface area contributed by atoms with Crippen molar-refractivity contribution in [3.05, 3.63) is 11.9 Å². The molecule has 1 amide bonds. The van der Waals surface area contributed by atoms with E-state index in [4.69, 9.17) is 0 Å². The van der Waals surface area contributed by atoms with E-state index in [0.717, 1.165) is 0 Å². The van der Waals surface area contributed by atoms with Crippen LogP contribution in [0.5, 0.6) is 0 Å². The lowest BCUT2D eigenvalue weighted by atomic mass is 10.2. The normalized spacial score (nSPS) is 17.5. The topological polar surface area (TPSA) is 23.6 Å². The molecule has 0 fully saturated rings. The van der Waals surface area contributed by atoms with Crippen LogP contribution in [-0.4, -0.2) is 49.4 Å². The Morgan fingerprint density at radius 1 is 1.69 bits per heavy atom. The van der Waals surface area contributed by atoms with Crippen LogP contribution in [0.4, 0.5) is 4.39 Å². The first-order valence-corrected chi connectivity index (χ1v) is 4.36. The molecular weight excluding hydrogens is 171 g/mol. The second-order valence-electron chi connectivity index (χ2n) is 3.49. The standard InChI is InChI=1S/C9H15FN2O/c1-11(2)7-9(13)12-5-3-4-8(10)6-12/h4H,3,5-7H2,1-2H3. The molecule has 4 heteroatoms. The number of rotatable bonds is 2. The Balaban J connectivity index is 2.44. The number of amides is 1. The van der Waals surface area contributed by atoms with Crippen LogP contribution in [0.2, 0.25) is 0 Å². The summed E-state index contributed by atoms with van der Waals surface area (Å²) in [7, 11) is 3.65. The minimum absolute atomic E-state index is 0.00625. The van der Waals surface area contributed by atoms with Gasteiger partial charge in [0.05, 0.1) is 13.1 Å². The molecule has 0 aromatic rings. The number of likely N-dealkylation sites (N-methyl/N-ethyl adjacent to an activating group) is 1. The second kappa shape index (κ2) is 4.37. The molecule has 0 spiro atoms. The highest BCUT2D eigenvalue weighted by Crippen LogP contribution is 2.10. The number of nitrogens with zero attached hydrogens (tertiary/aromatic N) is 2. The summed E-state index contributed by atoms with van der Waals surface area (Å²) in [6.45, 7) is 1.14. The first kappa shape index (κ1) is 10.2. The van der Waals surface area contributed by atoms with Gasteiger partial charge in [-0.1, -0.05) is 0 Å². The summed E-state index contributed by atoms with van der Waals surface area (Å²) in [4.78, 5) is 14.8. The lowest BCUT2D eigenvalue weighted by Crippen LogP contribution is -2.40. The molecule has 74 valence electrons. The van der Waals surface area contributed by atoms with Gasteiger partial charge in [0.1, 0.15) is 5.83 Å². The molecule has 13 heavy (non-hydrogen) atoms. The van der Waals surface area contributed by atoms with Gasteiger partial charge in [-0.3, -0.25) is 4.79 Å². The van der Waals surface area contributed by atoms with Gasteiger partial charge in [-0.2, -0.15) is 0 Å². The summed E-state index contributed by atoms with van der Waals surface area (Å²) in [5.41, 5.74) is 0. The number of hydrogen-bond donors (Lipinski definition) is 0. The highest BCUT2D eigenvalue weighted by molar-refractivity contribution is 5.78. The summed E-state index contributed by atoms with van der Waals surface area (Å²) < 4.78 is 12.8. The minimum Gasteiger partial charge on any atom is -0.335 e. The molecule has 3 nitrogen and oxygen atoms in total. The van der Waals surface area contributed by atoms with Crippen molar-refractivity contribution in [1.29, 1.82) is 0 Å². The van der Waals surface area contributed by atoms with Gasteiger partial charge in [-0.05, 0) is 26.6 Å². The molecule has 0 aromatic heterocycles. The predicted molar refractivity (Wildman–Crippen MR) is 48.9 cm³/mol. The van der Waals surface area contributed by atoms with Gasteiger partial charge in [0.25, 0.3) is 0 Å². The number of halogens is 1. The Bertz CT molecular complexity index is 226. The van der Waals surface area contributed by atoms with Crippen molar-refractivity contribution in [2.75, 3.05) is 33.7 Å². The summed E-state index contributed by atoms with van der Waals surface area (Å²) in [6.07, 6.45) is 2.17. The van der Waals surface area contributed by atoms with Crippen molar-refractivity contribution in [3.8, 4) is 0 Å².